The second kappa shape index (κ2) is 10.3. The molecule has 1 aliphatic heterocycles. The van der Waals surface area contributed by atoms with E-state index >= 15 is 0 Å². The van der Waals surface area contributed by atoms with Crippen LogP contribution in [-0.2, 0) is 0 Å². The van der Waals surface area contributed by atoms with Gasteiger partial charge in [0.1, 0.15) is 11.4 Å². The summed E-state index contributed by atoms with van der Waals surface area (Å²) in [5.74, 6) is -1.23. The van der Waals surface area contributed by atoms with Crippen molar-refractivity contribution in [1.29, 1.82) is 0 Å². The summed E-state index contributed by atoms with van der Waals surface area (Å²) in [5.41, 5.74) is 3.77. The Bertz CT molecular complexity index is 1430. The zero-order valence-corrected chi connectivity index (χ0v) is 20.3. The Kier molecular flexibility index (Phi) is 6.90. The molecule has 36 heavy (non-hydrogen) atoms. The summed E-state index contributed by atoms with van der Waals surface area (Å²) in [5, 5.41) is 13.5. The molecule has 4 aromatic rings. The molecule has 1 aliphatic rings. The van der Waals surface area contributed by atoms with Gasteiger partial charge in [-0.3, -0.25) is 15.0 Å². The van der Waals surface area contributed by atoms with E-state index < -0.39 is 11.7 Å². The van der Waals surface area contributed by atoms with E-state index in [9.17, 15) is 14.0 Å². The van der Waals surface area contributed by atoms with Crippen LogP contribution in [0.1, 0.15) is 34.1 Å². The number of hydrogen-bond acceptors (Lipinski definition) is 7. The van der Waals surface area contributed by atoms with E-state index in [4.69, 9.17) is 32.0 Å². The molecule has 0 aliphatic carbocycles. The molecule has 186 valence electrons. The van der Waals surface area contributed by atoms with E-state index in [0.29, 0.717) is 35.8 Å². The molecule has 2 amide bonds. The van der Waals surface area contributed by atoms with E-state index in [1.165, 1.54) is 12.1 Å². The van der Waals surface area contributed by atoms with Crippen molar-refractivity contribution in [3.05, 3.63) is 70.0 Å². The zero-order chi connectivity index (χ0) is 25.2. The van der Waals surface area contributed by atoms with Crippen molar-refractivity contribution >= 4 is 46.0 Å². The number of piperidine rings is 1. The molecule has 0 radical (unpaired) electrons. The Morgan fingerprint density at radius 3 is 2.61 bits per heavy atom. The second-order valence-electron chi connectivity index (χ2n) is 8.42. The Morgan fingerprint density at radius 1 is 1.03 bits per heavy atom. The summed E-state index contributed by atoms with van der Waals surface area (Å²) in [6.07, 6.45) is 1.52. The van der Waals surface area contributed by atoms with Gasteiger partial charge in [-0.15, -0.1) is 10.2 Å². The third-order valence-corrected chi connectivity index (χ3v) is 6.46. The molecule has 2 aromatic carbocycles. The molecule has 12 heteroatoms. The molecule has 9 nitrogen and oxygen atoms in total. The number of furan rings is 1. The van der Waals surface area contributed by atoms with Gasteiger partial charge in [0, 0.05) is 35.6 Å². The van der Waals surface area contributed by atoms with Crippen molar-refractivity contribution in [2.45, 2.75) is 12.8 Å². The fraction of sp³-hybridized carbons (Fsp3) is 0.250. The smallest absolute Gasteiger partial charge is 0.308 e. The first kappa shape index (κ1) is 24.2. The summed E-state index contributed by atoms with van der Waals surface area (Å²) in [6.45, 7) is 1.65. The fourth-order valence-corrected chi connectivity index (χ4v) is 4.25. The molecule has 0 bridgehead atoms. The molecule has 0 saturated carbocycles. The van der Waals surface area contributed by atoms with Crippen LogP contribution in [0.15, 0.2) is 51.3 Å². The van der Waals surface area contributed by atoms with Crippen molar-refractivity contribution < 1.29 is 22.8 Å². The van der Waals surface area contributed by atoms with Gasteiger partial charge in [-0.05, 0) is 61.2 Å². The van der Waals surface area contributed by atoms with Gasteiger partial charge in [0.05, 0.1) is 5.02 Å². The topological polar surface area (TPSA) is 114 Å². The summed E-state index contributed by atoms with van der Waals surface area (Å²) in [4.78, 5) is 25.0. The van der Waals surface area contributed by atoms with Gasteiger partial charge < -0.3 is 14.2 Å². The van der Waals surface area contributed by atoms with Crippen LogP contribution < -0.4 is 10.7 Å². The molecule has 0 unspecified atom stereocenters. The molecular formula is C24H20Cl2FN5O4. The molecule has 0 spiro atoms. The number of halogens is 3. The minimum Gasteiger partial charge on any atom is -0.451 e. The average Bonchev–Trinajstić information content (AvgIpc) is 3.53. The Labute approximate surface area is 214 Å². The van der Waals surface area contributed by atoms with Crippen LogP contribution in [0, 0.1) is 11.7 Å². The largest absolute Gasteiger partial charge is 0.451 e. The number of benzene rings is 2. The standard InChI is InChI=1S/C24H20Cl2FN5O4/c25-16-2-4-19-15(9-16)11-20(35-19)21(33)31-32-7-5-13(6-8-32)12-28-22(34)24-30-29-23(36-24)14-1-3-17(26)18(27)10-14/h1-4,9-11,13H,5-8,12H2,(H,28,34)(H,31,33). The average molecular weight is 532 g/mol. The van der Waals surface area contributed by atoms with Crippen LogP contribution in [0.4, 0.5) is 4.39 Å². The van der Waals surface area contributed by atoms with Crippen LogP contribution in [0.3, 0.4) is 0 Å². The highest BCUT2D eigenvalue weighted by molar-refractivity contribution is 6.31. The number of nitrogens with zero attached hydrogens (tertiary/aromatic N) is 3. The summed E-state index contributed by atoms with van der Waals surface area (Å²) < 4.78 is 24.6. The monoisotopic (exact) mass is 531 g/mol. The lowest BCUT2D eigenvalue weighted by atomic mass is 9.98. The lowest BCUT2D eigenvalue weighted by Gasteiger charge is -2.31. The second-order valence-corrected chi connectivity index (χ2v) is 9.26. The number of amides is 2. The zero-order valence-electron chi connectivity index (χ0n) is 18.8. The Morgan fingerprint density at radius 2 is 1.83 bits per heavy atom. The minimum atomic E-state index is -0.622. The first-order chi connectivity index (χ1) is 17.4. The van der Waals surface area contributed by atoms with Gasteiger partial charge >= 0.3 is 17.7 Å². The van der Waals surface area contributed by atoms with E-state index in [-0.39, 0.29) is 34.4 Å². The predicted molar refractivity (Wildman–Crippen MR) is 130 cm³/mol. The van der Waals surface area contributed by atoms with Gasteiger partial charge in [-0.25, -0.2) is 9.40 Å². The van der Waals surface area contributed by atoms with Crippen molar-refractivity contribution in [2.75, 3.05) is 19.6 Å². The lowest BCUT2D eigenvalue weighted by Crippen LogP contribution is -2.47. The highest BCUT2D eigenvalue weighted by atomic mass is 35.5. The van der Waals surface area contributed by atoms with Crippen LogP contribution >= 0.6 is 23.2 Å². The van der Waals surface area contributed by atoms with Gasteiger partial charge in [0.2, 0.25) is 5.89 Å². The first-order valence-corrected chi connectivity index (χ1v) is 11.9. The van der Waals surface area contributed by atoms with Gasteiger partial charge in [0.25, 0.3) is 0 Å². The number of aromatic nitrogens is 2. The number of hydrogen-bond donors (Lipinski definition) is 2. The fourth-order valence-electron chi connectivity index (χ4n) is 3.95. The number of nitrogens with one attached hydrogen (secondary N) is 2. The SMILES string of the molecule is O=C(NN1CCC(CNC(=O)c2nnc(-c3ccc(Cl)c(F)c3)o2)CC1)c1cc2cc(Cl)ccc2o1. The maximum absolute atomic E-state index is 13.7. The third kappa shape index (κ3) is 5.35. The molecular weight excluding hydrogens is 512 g/mol. The molecule has 1 fully saturated rings. The highest BCUT2D eigenvalue weighted by Crippen LogP contribution is 2.25. The van der Waals surface area contributed by atoms with Crippen LogP contribution in [0.5, 0.6) is 0 Å². The molecule has 0 atom stereocenters. The minimum absolute atomic E-state index is 0.0207. The third-order valence-electron chi connectivity index (χ3n) is 5.91. The number of rotatable bonds is 6. The molecule has 1 saturated heterocycles. The van der Waals surface area contributed by atoms with Crippen molar-refractivity contribution in [3.63, 3.8) is 0 Å². The quantitative estimate of drug-likeness (QED) is 0.370. The first-order valence-electron chi connectivity index (χ1n) is 11.2. The van der Waals surface area contributed by atoms with Gasteiger partial charge in [-0.2, -0.15) is 0 Å². The Hall–Kier alpha value is -3.47. The summed E-state index contributed by atoms with van der Waals surface area (Å²) in [7, 11) is 0. The lowest BCUT2D eigenvalue weighted by molar-refractivity contribution is 0.0673. The van der Waals surface area contributed by atoms with Gasteiger partial charge in [-0.1, -0.05) is 23.2 Å². The normalized spacial score (nSPS) is 14.8. The van der Waals surface area contributed by atoms with Crippen molar-refractivity contribution in [3.8, 4) is 11.5 Å². The molecule has 2 aromatic heterocycles. The number of hydrazine groups is 1. The maximum Gasteiger partial charge on any atom is 0.308 e. The van der Waals surface area contributed by atoms with E-state index in [1.54, 1.807) is 24.3 Å². The molecule has 2 N–H and O–H groups in total. The van der Waals surface area contributed by atoms with Gasteiger partial charge in [0.15, 0.2) is 5.76 Å². The number of carbonyl (C=O) groups is 2. The number of fused-ring (bicyclic) bond motifs is 1. The van der Waals surface area contributed by atoms with Crippen LogP contribution in [0.25, 0.3) is 22.4 Å². The van der Waals surface area contributed by atoms with E-state index in [0.717, 1.165) is 24.3 Å². The van der Waals surface area contributed by atoms with Crippen LogP contribution in [0.2, 0.25) is 10.0 Å². The predicted octanol–water partition coefficient (Wildman–Crippen LogP) is 4.72. The Balaban J connectivity index is 1.09. The van der Waals surface area contributed by atoms with E-state index in [2.05, 4.69) is 20.9 Å². The van der Waals surface area contributed by atoms with E-state index in [1.807, 2.05) is 5.01 Å². The van der Waals surface area contributed by atoms with Crippen molar-refractivity contribution in [1.82, 2.24) is 25.9 Å². The highest BCUT2D eigenvalue weighted by Gasteiger charge is 2.24. The number of carbonyl (C=O) groups excluding carboxylic acids is 2. The molecule has 5 rings (SSSR count). The molecule has 3 heterocycles. The summed E-state index contributed by atoms with van der Waals surface area (Å²) in [6, 6.07) is 10.9. The van der Waals surface area contributed by atoms with Crippen LogP contribution in [-0.4, -0.2) is 46.7 Å². The maximum atomic E-state index is 13.7. The van der Waals surface area contributed by atoms with Crippen molar-refractivity contribution in [2.24, 2.45) is 5.92 Å². The summed E-state index contributed by atoms with van der Waals surface area (Å²) >= 11 is 11.7.